The smallest absolute Gasteiger partial charge is 0.355 e. The number of carbonyl (C=O) groups is 1. The Bertz CT molecular complexity index is 635. The Balaban J connectivity index is 2.09. The Hall–Kier alpha value is -1.88. The van der Waals surface area contributed by atoms with Crippen LogP contribution in [0.25, 0.3) is 5.52 Å². The van der Waals surface area contributed by atoms with Crippen LogP contribution < -0.4 is 0 Å². The highest BCUT2D eigenvalue weighted by Gasteiger charge is 2.24. The molecule has 5 heteroatoms. The SMILES string of the molecule is COC(=O)c1cccc2cnc(C3CCCN(C)C3)n12. The van der Waals surface area contributed by atoms with Gasteiger partial charge in [0.2, 0.25) is 0 Å². The van der Waals surface area contributed by atoms with Crippen molar-refractivity contribution in [3.05, 3.63) is 35.9 Å². The van der Waals surface area contributed by atoms with Gasteiger partial charge in [-0.05, 0) is 38.6 Å². The molecule has 1 aliphatic rings. The number of nitrogens with zero attached hydrogens (tertiary/aromatic N) is 3. The van der Waals surface area contributed by atoms with E-state index < -0.39 is 0 Å². The van der Waals surface area contributed by atoms with Crippen molar-refractivity contribution in [1.82, 2.24) is 14.3 Å². The molecule has 1 atom stereocenters. The molecule has 0 aliphatic carbocycles. The van der Waals surface area contributed by atoms with Crippen LogP contribution in [0.15, 0.2) is 24.4 Å². The molecule has 1 unspecified atom stereocenters. The van der Waals surface area contributed by atoms with Crippen molar-refractivity contribution in [3.63, 3.8) is 0 Å². The molecule has 106 valence electrons. The first-order valence-electron chi connectivity index (χ1n) is 6.94. The van der Waals surface area contributed by atoms with Gasteiger partial charge in [0.25, 0.3) is 0 Å². The van der Waals surface area contributed by atoms with E-state index in [1.54, 1.807) is 6.07 Å². The second-order valence-corrected chi connectivity index (χ2v) is 5.38. The summed E-state index contributed by atoms with van der Waals surface area (Å²) in [6.07, 6.45) is 4.10. The summed E-state index contributed by atoms with van der Waals surface area (Å²) in [6, 6.07) is 5.62. The minimum atomic E-state index is -0.320. The Kier molecular flexibility index (Phi) is 3.44. The average molecular weight is 273 g/mol. The van der Waals surface area contributed by atoms with E-state index in [2.05, 4.69) is 16.9 Å². The molecule has 2 aromatic rings. The standard InChI is InChI=1S/C15H19N3O2/c1-17-8-4-5-11(10-17)14-16-9-12-6-3-7-13(18(12)14)15(19)20-2/h3,6-7,9,11H,4-5,8,10H2,1-2H3. The van der Waals surface area contributed by atoms with Crippen LogP contribution in [0.4, 0.5) is 0 Å². The summed E-state index contributed by atoms with van der Waals surface area (Å²) < 4.78 is 6.82. The van der Waals surface area contributed by atoms with E-state index in [1.807, 2.05) is 22.7 Å². The maximum atomic E-state index is 11.9. The summed E-state index contributed by atoms with van der Waals surface area (Å²) in [5.41, 5.74) is 1.49. The third kappa shape index (κ3) is 2.18. The van der Waals surface area contributed by atoms with Gasteiger partial charge < -0.3 is 9.64 Å². The number of likely N-dealkylation sites (tertiary alicyclic amines) is 1. The zero-order chi connectivity index (χ0) is 14.1. The third-order valence-corrected chi connectivity index (χ3v) is 3.96. The molecular weight excluding hydrogens is 254 g/mol. The van der Waals surface area contributed by atoms with E-state index in [4.69, 9.17) is 4.74 Å². The van der Waals surface area contributed by atoms with Crippen molar-refractivity contribution in [2.75, 3.05) is 27.2 Å². The van der Waals surface area contributed by atoms with E-state index in [9.17, 15) is 4.79 Å². The number of piperidine rings is 1. The van der Waals surface area contributed by atoms with Crippen LogP contribution >= 0.6 is 0 Å². The molecule has 0 aromatic carbocycles. The molecule has 3 rings (SSSR count). The molecule has 0 N–H and O–H groups in total. The Morgan fingerprint density at radius 3 is 3.05 bits per heavy atom. The van der Waals surface area contributed by atoms with E-state index in [-0.39, 0.29) is 5.97 Å². The van der Waals surface area contributed by atoms with E-state index in [0.29, 0.717) is 11.6 Å². The number of carbonyl (C=O) groups excluding carboxylic acids is 1. The minimum Gasteiger partial charge on any atom is -0.464 e. The summed E-state index contributed by atoms with van der Waals surface area (Å²) in [7, 11) is 3.54. The lowest BCUT2D eigenvalue weighted by atomic mass is 9.97. The van der Waals surface area contributed by atoms with Crippen molar-refractivity contribution in [3.8, 4) is 0 Å². The highest BCUT2D eigenvalue weighted by molar-refractivity contribution is 5.88. The molecule has 1 fully saturated rings. The molecule has 0 bridgehead atoms. The number of imidazole rings is 1. The summed E-state index contributed by atoms with van der Waals surface area (Å²) >= 11 is 0. The van der Waals surface area contributed by atoms with E-state index in [0.717, 1.165) is 37.3 Å². The molecule has 0 saturated carbocycles. The maximum Gasteiger partial charge on any atom is 0.355 e. The largest absolute Gasteiger partial charge is 0.464 e. The summed E-state index contributed by atoms with van der Waals surface area (Å²) in [6.45, 7) is 2.11. The Morgan fingerprint density at radius 2 is 2.30 bits per heavy atom. The molecule has 1 saturated heterocycles. The van der Waals surface area contributed by atoms with Crippen LogP contribution in [-0.2, 0) is 4.74 Å². The highest BCUT2D eigenvalue weighted by atomic mass is 16.5. The number of pyridine rings is 1. The minimum absolute atomic E-state index is 0.320. The van der Waals surface area contributed by atoms with Crippen molar-refractivity contribution >= 4 is 11.5 Å². The summed E-state index contributed by atoms with van der Waals surface area (Å²) in [4.78, 5) is 18.8. The number of esters is 1. The zero-order valence-corrected chi connectivity index (χ0v) is 11.9. The molecule has 0 radical (unpaired) electrons. The number of rotatable bonds is 2. The quantitative estimate of drug-likeness (QED) is 0.784. The van der Waals surface area contributed by atoms with Gasteiger partial charge in [-0.15, -0.1) is 0 Å². The van der Waals surface area contributed by atoms with Crippen molar-refractivity contribution in [2.24, 2.45) is 0 Å². The zero-order valence-electron chi connectivity index (χ0n) is 11.9. The molecule has 5 nitrogen and oxygen atoms in total. The number of hydrogen-bond donors (Lipinski definition) is 0. The van der Waals surface area contributed by atoms with Crippen molar-refractivity contribution in [1.29, 1.82) is 0 Å². The van der Waals surface area contributed by atoms with Gasteiger partial charge in [-0.2, -0.15) is 0 Å². The normalized spacial score (nSPS) is 20.2. The third-order valence-electron chi connectivity index (χ3n) is 3.96. The first kappa shape index (κ1) is 13.1. The number of methoxy groups -OCH3 is 1. The van der Waals surface area contributed by atoms with Gasteiger partial charge in [0.1, 0.15) is 11.5 Å². The lowest BCUT2D eigenvalue weighted by Gasteiger charge is -2.29. The van der Waals surface area contributed by atoms with Crippen LogP contribution in [0.1, 0.15) is 35.1 Å². The fraction of sp³-hybridized carbons (Fsp3) is 0.467. The second kappa shape index (κ2) is 5.25. The fourth-order valence-electron chi connectivity index (χ4n) is 3.00. The average Bonchev–Trinajstić information content (AvgIpc) is 2.90. The van der Waals surface area contributed by atoms with E-state index in [1.165, 1.54) is 7.11 Å². The lowest BCUT2D eigenvalue weighted by Crippen LogP contribution is -2.32. The number of ether oxygens (including phenoxy) is 1. The van der Waals surface area contributed by atoms with E-state index >= 15 is 0 Å². The van der Waals surface area contributed by atoms with Gasteiger partial charge in [-0.3, -0.25) is 4.40 Å². The van der Waals surface area contributed by atoms with Gasteiger partial charge in [0, 0.05) is 12.5 Å². The molecule has 0 amide bonds. The molecule has 3 heterocycles. The number of aromatic nitrogens is 2. The number of hydrogen-bond acceptors (Lipinski definition) is 4. The van der Waals surface area contributed by atoms with Gasteiger partial charge in [0.05, 0.1) is 18.8 Å². The summed E-state index contributed by atoms with van der Waals surface area (Å²) in [5.74, 6) is 1.01. The Labute approximate surface area is 118 Å². The topological polar surface area (TPSA) is 46.8 Å². The van der Waals surface area contributed by atoms with Crippen LogP contribution in [0.3, 0.4) is 0 Å². The predicted molar refractivity (Wildman–Crippen MR) is 76.0 cm³/mol. The molecule has 1 aliphatic heterocycles. The predicted octanol–water partition coefficient (Wildman–Crippen LogP) is 1.93. The molecule has 0 spiro atoms. The van der Waals surface area contributed by atoms with Crippen molar-refractivity contribution in [2.45, 2.75) is 18.8 Å². The van der Waals surface area contributed by atoms with Crippen LogP contribution in [0, 0.1) is 0 Å². The van der Waals surface area contributed by atoms with Gasteiger partial charge in [-0.1, -0.05) is 6.07 Å². The Morgan fingerprint density at radius 1 is 1.45 bits per heavy atom. The van der Waals surface area contributed by atoms with Crippen LogP contribution in [0.5, 0.6) is 0 Å². The van der Waals surface area contributed by atoms with Gasteiger partial charge in [0.15, 0.2) is 0 Å². The highest BCUT2D eigenvalue weighted by Crippen LogP contribution is 2.27. The molecule has 2 aromatic heterocycles. The number of fused-ring (bicyclic) bond motifs is 1. The number of likely N-dealkylation sites (N-methyl/N-ethyl adjacent to an activating group) is 1. The summed E-state index contributed by atoms with van der Waals surface area (Å²) in [5, 5.41) is 0. The first-order chi connectivity index (χ1) is 9.70. The second-order valence-electron chi connectivity index (χ2n) is 5.38. The lowest BCUT2D eigenvalue weighted by molar-refractivity contribution is 0.0591. The van der Waals surface area contributed by atoms with Crippen LogP contribution in [0.2, 0.25) is 0 Å². The fourth-order valence-corrected chi connectivity index (χ4v) is 3.00. The molecular formula is C15H19N3O2. The maximum absolute atomic E-state index is 11.9. The monoisotopic (exact) mass is 273 g/mol. The van der Waals surface area contributed by atoms with Crippen molar-refractivity contribution < 1.29 is 9.53 Å². The van der Waals surface area contributed by atoms with Gasteiger partial charge in [-0.25, -0.2) is 9.78 Å². The first-order valence-corrected chi connectivity index (χ1v) is 6.94. The van der Waals surface area contributed by atoms with Crippen LogP contribution in [-0.4, -0.2) is 47.5 Å². The van der Waals surface area contributed by atoms with Gasteiger partial charge >= 0.3 is 5.97 Å². The molecule has 20 heavy (non-hydrogen) atoms.